The summed E-state index contributed by atoms with van der Waals surface area (Å²) in [5.74, 6) is 2.34. The average molecular weight is 520 g/mol. The van der Waals surface area contributed by atoms with Crippen LogP contribution in [-0.2, 0) is 9.59 Å². The quantitative estimate of drug-likeness (QED) is 0.471. The lowest BCUT2D eigenvalue weighted by atomic mass is 9.48. The van der Waals surface area contributed by atoms with Gasteiger partial charge in [0.15, 0.2) is 0 Å². The van der Waals surface area contributed by atoms with Crippen molar-refractivity contribution >= 4 is 40.7 Å². The highest BCUT2D eigenvalue weighted by Crippen LogP contribution is 2.67. The van der Waals surface area contributed by atoms with E-state index in [1.165, 1.54) is 11.3 Å². The van der Waals surface area contributed by atoms with Crippen molar-refractivity contribution in [1.29, 1.82) is 0 Å². The first-order chi connectivity index (χ1) is 16.5. The monoisotopic (exact) mass is 518 g/mol. The summed E-state index contributed by atoms with van der Waals surface area (Å²) >= 11 is 12.6. The zero-order valence-corrected chi connectivity index (χ0v) is 22.9. The first-order valence-electron chi connectivity index (χ1n) is 12.8. The number of nitrogens with one attached hydrogen (secondary N) is 1. The third kappa shape index (κ3) is 3.71. The number of anilines is 1. The third-order valence-electron chi connectivity index (χ3n) is 10.1. The van der Waals surface area contributed by atoms with Crippen molar-refractivity contribution in [3.05, 3.63) is 33.4 Å². The van der Waals surface area contributed by atoms with Gasteiger partial charge in [-0.2, -0.15) is 0 Å². The Morgan fingerprint density at radius 1 is 1.11 bits per heavy atom. The minimum atomic E-state index is -0.0553. The number of piperidine rings is 1. The molecule has 7 heteroatoms. The van der Waals surface area contributed by atoms with Crippen LogP contribution in [0, 0.1) is 34.5 Å². The number of rotatable bonds is 3. The average Bonchev–Trinajstić information content (AvgIpc) is 3.16. The maximum Gasteiger partial charge on any atom is 0.228 e. The van der Waals surface area contributed by atoms with Crippen molar-refractivity contribution in [3.8, 4) is 5.75 Å². The van der Waals surface area contributed by atoms with Crippen molar-refractivity contribution < 1.29 is 14.3 Å². The Morgan fingerprint density at radius 3 is 2.57 bits per heavy atom. The molecule has 6 atom stereocenters. The summed E-state index contributed by atoms with van der Waals surface area (Å²) in [6.45, 7) is 6.95. The number of carbonyl (C=O) groups excluding carboxylic acids is 2. The van der Waals surface area contributed by atoms with Crippen molar-refractivity contribution in [2.45, 2.75) is 65.7 Å². The van der Waals surface area contributed by atoms with Crippen molar-refractivity contribution in [3.63, 3.8) is 0 Å². The Hall–Kier alpha value is -1.72. The first-order valence-corrected chi connectivity index (χ1v) is 13.6. The molecule has 3 fully saturated rings. The number of hydrogen-bond acceptors (Lipinski definition) is 3. The summed E-state index contributed by atoms with van der Waals surface area (Å²) < 4.78 is 5.32. The second-order valence-electron chi connectivity index (χ2n) is 11.7. The van der Waals surface area contributed by atoms with E-state index in [-0.39, 0.29) is 28.6 Å². The maximum absolute atomic E-state index is 13.6. The molecule has 1 heterocycles. The molecule has 190 valence electrons. The number of benzene rings is 1. The van der Waals surface area contributed by atoms with Crippen LogP contribution in [0.3, 0.4) is 0 Å². The number of methoxy groups -OCH3 is 1. The number of amides is 2. The molecule has 1 saturated heterocycles. The van der Waals surface area contributed by atoms with Crippen LogP contribution in [0.1, 0.15) is 65.7 Å². The molecule has 1 aromatic rings. The second-order valence-corrected chi connectivity index (χ2v) is 12.5. The van der Waals surface area contributed by atoms with Gasteiger partial charge in [-0.25, -0.2) is 0 Å². The molecule has 0 aromatic heterocycles. The van der Waals surface area contributed by atoms with Gasteiger partial charge in [0, 0.05) is 36.6 Å². The van der Waals surface area contributed by atoms with E-state index in [1.807, 2.05) is 11.9 Å². The molecule has 2 amide bonds. The van der Waals surface area contributed by atoms with Gasteiger partial charge in [0.2, 0.25) is 11.8 Å². The van der Waals surface area contributed by atoms with Crippen molar-refractivity contribution in [1.82, 2.24) is 4.90 Å². The van der Waals surface area contributed by atoms with E-state index >= 15 is 0 Å². The van der Waals surface area contributed by atoms with E-state index in [0.29, 0.717) is 45.7 Å². The summed E-state index contributed by atoms with van der Waals surface area (Å²) in [5, 5.41) is 3.93. The molecule has 5 nitrogen and oxygen atoms in total. The Bertz CT molecular complexity index is 1120. The largest absolute Gasteiger partial charge is 0.495 e. The SMILES string of the molecule is COc1cc(NC(=O)[C@H]2CC[C@H]3C4CC(C)=C5N(C)C(=O)CC[C@]5(C)C4CC[C@]23C)c(Cl)cc1Cl. The lowest BCUT2D eigenvalue weighted by Gasteiger charge is -2.59. The summed E-state index contributed by atoms with van der Waals surface area (Å²) in [6, 6.07) is 3.32. The molecule has 3 aliphatic carbocycles. The fourth-order valence-electron chi connectivity index (χ4n) is 8.54. The van der Waals surface area contributed by atoms with E-state index in [9.17, 15) is 9.59 Å². The first kappa shape index (κ1) is 25.0. The van der Waals surface area contributed by atoms with Crippen LogP contribution in [0.4, 0.5) is 5.69 Å². The van der Waals surface area contributed by atoms with Crippen LogP contribution < -0.4 is 10.1 Å². The van der Waals surface area contributed by atoms with Gasteiger partial charge in [-0.05, 0) is 74.7 Å². The number of allylic oxidation sites excluding steroid dienone is 2. The maximum atomic E-state index is 13.6. The molecule has 1 aliphatic heterocycles. The van der Waals surface area contributed by atoms with Gasteiger partial charge in [-0.1, -0.05) is 42.6 Å². The van der Waals surface area contributed by atoms with E-state index in [2.05, 4.69) is 26.1 Å². The molecule has 0 spiro atoms. The van der Waals surface area contributed by atoms with Crippen LogP contribution in [0.15, 0.2) is 23.4 Å². The predicted molar refractivity (Wildman–Crippen MR) is 140 cm³/mol. The minimum absolute atomic E-state index is 0.0395. The smallest absolute Gasteiger partial charge is 0.228 e. The van der Waals surface area contributed by atoms with E-state index in [1.54, 1.807) is 19.2 Å². The number of nitrogens with zero attached hydrogens (tertiary/aromatic N) is 1. The standard InChI is InChI=1S/C28H36Cl2N2O3/c1-15-12-16-17-6-7-19(26(34)31-22-14-23(35-5)21(30)13-20(22)29)27(17,2)10-8-18(16)28(3)11-9-24(33)32(4)25(15)28/h13-14,16-19H,6-12H2,1-5H3,(H,31,34)/t16?,17-,18?,19+,27-,28+/m0/s1. The van der Waals surface area contributed by atoms with Crippen LogP contribution >= 0.6 is 23.2 Å². The van der Waals surface area contributed by atoms with Gasteiger partial charge < -0.3 is 15.0 Å². The van der Waals surface area contributed by atoms with Crippen molar-refractivity contribution in [2.75, 3.05) is 19.5 Å². The van der Waals surface area contributed by atoms with Gasteiger partial charge in [0.05, 0.1) is 22.8 Å². The Kier molecular flexibility index (Phi) is 6.20. The topological polar surface area (TPSA) is 58.6 Å². The highest BCUT2D eigenvalue weighted by Gasteiger charge is 2.61. The molecule has 1 aromatic carbocycles. The third-order valence-corrected chi connectivity index (χ3v) is 10.7. The highest BCUT2D eigenvalue weighted by atomic mass is 35.5. The summed E-state index contributed by atoms with van der Waals surface area (Å²) in [7, 11) is 3.51. The molecule has 1 N–H and O–H groups in total. The van der Waals surface area contributed by atoms with Crippen LogP contribution in [0.25, 0.3) is 0 Å². The van der Waals surface area contributed by atoms with Crippen LogP contribution in [0.2, 0.25) is 10.0 Å². The van der Waals surface area contributed by atoms with Gasteiger partial charge >= 0.3 is 0 Å². The van der Waals surface area contributed by atoms with E-state index < -0.39 is 0 Å². The number of fused-ring (bicyclic) bond motifs is 5. The molecular formula is C28H36Cl2N2O3. The molecule has 2 saturated carbocycles. The second kappa shape index (κ2) is 8.69. The van der Waals surface area contributed by atoms with E-state index in [4.69, 9.17) is 27.9 Å². The number of hydrogen-bond donors (Lipinski definition) is 1. The number of likely N-dealkylation sites (tertiary alicyclic amines) is 1. The Balaban J connectivity index is 1.41. The lowest BCUT2D eigenvalue weighted by molar-refractivity contribution is -0.137. The van der Waals surface area contributed by atoms with Gasteiger partial charge in [0.1, 0.15) is 5.75 Å². The molecule has 4 aliphatic rings. The minimum Gasteiger partial charge on any atom is -0.495 e. The molecule has 2 unspecified atom stereocenters. The zero-order valence-electron chi connectivity index (χ0n) is 21.3. The van der Waals surface area contributed by atoms with Gasteiger partial charge in [-0.15, -0.1) is 0 Å². The number of ether oxygens (including phenoxy) is 1. The lowest BCUT2D eigenvalue weighted by Crippen LogP contribution is -2.54. The van der Waals surface area contributed by atoms with Crippen LogP contribution in [-0.4, -0.2) is 30.9 Å². The molecule has 0 radical (unpaired) electrons. The van der Waals surface area contributed by atoms with Crippen molar-refractivity contribution in [2.24, 2.45) is 34.5 Å². The predicted octanol–water partition coefficient (Wildman–Crippen LogP) is 6.94. The summed E-state index contributed by atoms with van der Waals surface area (Å²) in [6.07, 6.45) is 6.70. The molecular weight excluding hydrogens is 483 g/mol. The Morgan fingerprint density at radius 2 is 1.86 bits per heavy atom. The summed E-state index contributed by atoms with van der Waals surface area (Å²) in [4.78, 5) is 28.1. The number of halogens is 2. The van der Waals surface area contributed by atoms with Gasteiger partial charge in [-0.3, -0.25) is 9.59 Å². The molecule has 0 bridgehead atoms. The fourth-order valence-corrected chi connectivity index (χ4v) is 9.05. The number of carbonyl (C=O) groups is 2. The van der Waals surface area contributed by atoms with Crippen LogP contribution in [0.5, 0.6) is 5.75 Å². The molecule has 5 rings (SSSR count). The summed E-state index contributed by atoms with van der Waals surface area (Å²) in [5.41, 5.74) is 3.18. The fraction of sp³-hybridized carbons (Fsp3) is 0.643. The molecule has 35 heavy (non-hydrogen) atoms. The normalized spacial score (nSPS) is 36.4. The van der Waals surface area contributed by atoms with E-state index in [0.717, 1.165) is 38.5 Å². The Labute approximate surface area is 218 Å². The zero-order chi connectivity index (χ0) is 25.3. The van der Waals surface area contributed by atoms with Gasteiger partial charge in [0.25, 0.3) is 0 Å². The highest BCUT2D eigenvalue weighted by molar-refractivity contribution is 6.37.